The summed E-state index contributed by atoms with van der Waals surface area (Å²) in [5.74, 6) is 0. The van der Waals surface area contributed by atoms with Crippen molar-refractivity contribution in [3.8, 4) is 0 Å². The van der Waals surface area contributed by atoms with Crippen molar-refractivity contribution >= 4 is 50.8 Å². The molecule has 1 aliphatic rings. The van der Waals surface area contributed by atoms with E-state index in [2.05, 4.69) is 15.4 Å². The molecule has 1 amide bonds. The van der Waals surface area contributed by atoms with Crippen molar-refractivity contribution in [3.63, 3.8) is 0 Å². The van der Waals surface area contributed by atoms with Gasteiger partial charge in [-0.25, -0.2) is 13.8 Å². The Kier molecular flexibility index (Phi) is 7.51. The molecule has 1 N–H and O–H groups in total. The van der Waals surface area contributed by atoms with Gasteiger partial charge < -0.3 is 4.90 Å². The molecule has 2 heterocycles. The number of amides is 1. The third-order valence-electron chi connectivity index (χ3n) is 4.95. The lowest BCUT2D eigenvalue weighted by molar-refractivity contribution is -0.109. The van der Waals surface area contributed by atoms with E-state index in [1.807, 2.05) is 32.0 Å². The van der Waals surface area contributed by atoms with Gasteiger partial charge in [0.2, 0.25) is 6.41 Å². The zero-order chi connectivity index (χ0) is 21.7. The van der Waals surface area contributed by atoms with E-state index in [1.54, 1.807) is 12.1 Å². The summed E-state index contributed by atoms with van der Waals surface area (Å²) >= 11 is 7.32. The number of piperazine rings is 1. The van der Waals surface area contributed by atoms with Crippen LogP contribution in [0.15, 0.2) is 39.6 Å². The van der Waals surface area contributed by atoms with E-state index >= 15 is 0 Å². The first-order valence-electron chi connectivity index (χ1n) is 9.74. The van der Waals surface area contributed by atoms with E-state index < -0.39 is 10.0 Å². The Hall–Kier alpha value is -1.94. The Morgan fingerprint density at radius 3 is 2.63 bits per heavy atom. The SMILES string of the molecule is CCCC(=NNC=O)c1ccc(S(=O)(=O)N2CCN(c3cc(Cl)ccc3C)CC2)s1. The minimum atomic E-state index is -3.58. The number of nitrogens with one attached hydrogen (secondary N) is 1. The van der Waals surface area contributed by atoms with Crippen molar-refractivity contribution in [2.75, 3.05) is 31.1 Å². The number of benzene rings is 1. The van der Waals surface area contributed by atoms with Gasteiger partial charge in [0.25, 0.3) is 10.0 Å². The molecule has 162 valence electrons. The number of aryl methyl sites for hydroxylation is 1. The molecule has 1 aromatic heterocycles. The smallest absolute Gasteiger partial charge is 0.252 e. The van der Waals surface area contributed by atoms with Crippen molar-refractivity contribution < 1.29 is 13.2 Å². The molecule has 0 aliphatic carbocycles. The maximum Gasteiger partial charge on any atom is 0.252 e. The number of sulfonamides is 1. The Bertz CT molecular complexity index is 1030. The number of carbonyl (C=O) groups is 1. The van der Waals surface area contributed by atoms with Gasteiger partial charge in [0.05, 0.1) is 10.6 Å². The van der Waals surface area contributed by atoms with Crippen LogP contribution in [0.3, 0.4) is 0 Å². The Morgan fingerprint density at radius 2 is 1.97 bits per heavy atom. The molecule has 0 unspecified atom stereocenters. The zero-order valence-electron chi connectivity index (χ0n) is 17.0. The minimum Gasteiger partial charge on any atom is -0.369 e. The largest absolute Gasteiger partial charge is 0.369 e. The molecular weight excluding hydrogens is 444 g/mol. The number of anilines is 1. The highest BCUT2D eigenvalue weighted by Crippen LogP contribution is 2.29. The number of nitrogens with zero attached hydrogens (tertiary/aromatic N) is 3. The molecule has 2 aromatic rings. The van der Waals surface area contributed by atoms with Crippen LogP contribution >= 0.6 is 22.9 Å². The predicted octanol–water partition coefficient (Wildman–Crippen LogP) is 3.47. The number of hydrogen-bond acceptors (Lipinski definition) is 6. The van der Waals surface area contributed by atoms with Gasteiger partial charge in [0.1, 0.15) is 4.21 Å². The van der Waals surface area contributed by atoms with Gasteiger partial charge >= 0.3 is 0 Å². The molecule has 1 aromatic carbocycles. The van der Waals surface area contributed by atoms with Crippen LogP contribution in [0.1, 0.15) is 30.2 Å². The first-order valence-corrected chi connectivity index (χ1v) is 12.4. The number of thiophene rings is 1. The topological polar surface area (TPSA) is 82.1 Å². The summed E-state index contributed by atoms with van der Waals surface area (Å²) in [6, 6.07) is 9.13. The first kappa shape index (κ1) is 22.7. The summed E-state index contributed by atoms with van der Waals surface area (Å²) in [5.41, 5.74) is 5.15. The van der Waals surface area contributed by atoms with Gasteiger partial charge in [-0.1, -0.05) is 31.0 Å². The summed E-state index contributed by atoms with van der Waals surface area (Å²) in [6.45, 7) is 6.04. The molecule has 0 saturated carbocycles. The predicted molar refractivity (Wildman–Crippen MR) is 122 cm³/mol. The average Bonchev–Trinajstić information content (AvgIpc) is 3.24. The summed E-state index contributed by atoms with van der Waals surface area (Å²) in [4.78, 5) is 13.5. The fourth-order valence-corrected chi connectivity index (χ4v) is 6.48. The molecular formula is C20H25ClN4O3S2. The third kappa shape index (κ3) is 5.03. The maximum absolute atomic E-state index is 13.1. The summed E-state index contributed by atoms with van der Waals surface area (Å²) in [5, 5.41) is 4.72. The highest BCUT2D eigenvalue weighted by Gasteiger charge is 2.30. The van der Waals surface area contributed by atoms with Crippen LogP contribution in [0, 0.1) is 6.92 Å². The molecule has 0 radical (unpaired) electrons. The van der Waals surface area contributed by atoms with Gasteiger partial charge in [-0.2, -0.15) is 9.41 Å². The van der Waals surface area contributed by atoms with E-state index in [-0.39, 0.29) is 0 Å². The summed E-state index contributed by atoms with van der Waals surface area (Å²) < 4.78 is 28.1. The molecule has 30 heavy (non-hydrogen) atoms. The first-order chi connectivity index (χ1) is 14.4. The van der Waals surface area contributed by atoms with Crippen molar-refractivity contribution in [1.29, 1.82) is 0 Å². The van der Waals surface area contributed by atoms with Crippen LogP contribution in [0.2, 0.25) is 5.02 Å². The van der Waals surface area contributed by atoms with Crippen LogP contribution in [-0.4, -0.2) is 51.0 Å². The third-order valence-corrected chi connectivity index (χ3v) is 8.68. The molecule has 7 nitrogen and oxygen atoms in total. The van der Waals surface area contributed by atoms with Crippen LogP contribution in [-0.2, 0) is 14.8 Å². The van der Waals surface area contributed by atoms with Gasteiger partial charge in [0, 0.05) is 36.9 Å². The molecule has 1 saturated heterocycles. The second-order valence-corrected chi connectivity index (χ2v) is 10.7. The lowest BCUT2D eigenvalue weighted by Gasteiger charge is -2.36. The van der Waals surface area contributed by atoms with Crippen molar-refractivity contribution in [2.24, 2.45) is 5.10 Å². The van der Waals surface area contributed by atoms with E-state index in [0.717, 1.165) is 22.5 Å². The van der Waals surface area contributed by atoms with Gasteiger partial charge in [-0.3, -0.25) is 4.79 Å². The molecule has 1 fully saturated rings. The van der Waals surface area contributed by atoms with Gasteiger partial charge in [0.15, 0.2) is 0 Å². The fourth-order valence-electron chi connectivity index (χ4n) is 3.41. The second kappa shape index (κ2) is 9.91. The highest BCUT2D eigenvalue weighted by atomic mass is 35.5. The number of hydrogen-bond donors (Lipinski definition) is 1. The van der Waals surface area contributed by atoms with Crippen LogP contribution in [0.5, 0.6) is 0 Å². The lowest BCUT2D eigenvalue weighted by Crippen LogP contribution is -2.48. The Balaban J connectivity index is 1.73. The maximum atomic E-state index is 13.1. The molecule has 10 heteroatoms. The number of hydrazone groups is 1. The van der Waals surface area contributed by atoms with Crippen molar-refractivity contribution in [1.82, 2.24) is 9.73 Å². The van der Waals surface area contributed by atoms with Crippen LogP contribution in [0.25, 0.3) is 0 Å². The van der Waals surface area contributed by atoms with Gasteiger partial charge in [-0.15, -0.1) is 11.3 Å². The van der Waals surface area contributed by atoms with Crippen LogP contribution in [0.4, 0.5) is 5.69 Å². The summed E-state index contributed by atoms with van der Waals surface area (Å²) in [7, 11) is -3.58. The lowest BCUT2D eigenvalue weighted by atomic mass is 10.1. The fraction of sp³-hybridized carbons (Fsp3) is 0.400. The van der Waals surface area contributed by atoms with Gasteiger partial charge in [-0.05, 0) is 43.2 Å². The molecule has 1 aliphatic heterocycles. The Morgan fingerprint density at radius 1 is 1.23 bits per heavy atom. The number of rotatable bonds is 8. The number of carbonyl (C=O) groups excluding carboxylic acids is 1. The van der Waals surface area contributed by atoms with E-state index in [4.69, 9.17) is 11.6 Å². The quantitative estimate of drug-likeness (QED) is 0.365. The highest BCUT2D eigenvalue weighted by molar-refractivity contribution is 7.91. The summed E-state index contributed by atoms with van der Waals surface area (Å²) in [6.07, 6.45) is 1.99. The van der Waals surface area contributed by atoms with E-state index in [1.165, 1.54) is 15.6 Å². The number of halogens is 1. The van der Waals surface area contributed by atoms with E-state index in [9.17, 15) is 13.2 Å². The molecule has 3 rings (SSSR count). The standard InChI is InChI=1S/C20H25ClN4O3S2/c1-3-4-17(23-22-14-26)19-7-8-20(29-19)30(27,28)25-11-9-24(10-12-25)18-13-16(21)6-5-15(18)2/h5-8,13-14H,3-4,9-12H2,1-2H3,(H,22,26). The van der Waals surface area contributed by atoms with Crippen LogP contribution < -0.4 is 10.3 Å². The average molecular weight is 469 g/mol. The molecule has 0 atom stereocenters. The van der Waals surface area contributed by atoms with Crippen molar-refractivity contribution in [2.45, 2.75) is 30.9 Å². The zero-order valence-corrected chi connectivity index (χ0v) is 19.4. The van der Waals surface area contributed by atoms with Crippen molar-refractivity contribution in [3.05, 3.63) is 45.8 Å². The second-order valence-electron chi connectivity index (χ2n) is 7.00. The molecule has 0 bridgehead atoms. The molecule has 0 spiro atoms. The Labute approximate surface area is 186 Å². The van der Waals surface area contributed by atoms with E-state index in [0.29, 0.717) is 54.0 Å². The normalized spacial score (nSPS) is 16.0. The minimum absolute atomic E-state index is 0.291. The monoisotopic (exact) mass is 468 g/mol.